The summed E-state index contributed by atoms with van der Waals surface area (Å²) in [4.78, 5) is 0. The molecule has 12 heavy (non-hydrogen) atoms. The minimum Gasteiger partial charge on any atom is -0.508 e. The van der Waals surface area contributed by atoms with Crippen LogP contribution >= 0.6 is 0 Å². The molecule has 0 atom stereocenters. The summed E-state index contributed by atoms with van der Waals surface area (Å²) < 4.78 is 17.7. The van der Waals surface area contributed by atoms with Crippen LogP contribution in [0.5, 0.6) is 11.5 Å². The fourth-order valence-electron chi connectivity index (χ4n) is 0.851. The first-order chi connectivity index (χ1) is 5.72. The highest BCUT2D eigenvalue weighted by molar-refractivity contribution is 5.32. The van der Waals surface area contributed by atoms with E-state index in [1.54, 1.807) is 0 Å². The van der Waals surface area contributed by atoms with E-state index in [1.165, 1.54) is 12.1 Å². The van der Waals surface area contributed by atoms with Crippen LogP contribution < -0.4 is 4.74 Å². The van der Waals surface area contributed by atoms with Gasteiger partial charge in [0.15, 0.2) is 0 Å². The highest BCUT2D eigenvalue weighted by Crippen LogP contribution is 2.20. The Morgan fingerprint density at radius 3 is 2.75 bits per heavy atom. The summed E-state index contributed by atoms with van der Waals surface area (Å²) in [5.41, 5.74) is 0. The molecule has 1 N–H and O–H groups in total. The third-order valence-electron chi connectivity index (χ3n) is 1.33. The van der Waals surface area contributed by atoms with E-state index in [1.807, 2.05) is 6.92 Å². The lowest BCUT2D eigenvalue weighted by Crippen LogP contribution is -1.94. The Hall–Kier alpha value is -1.25. The summed E-state index contributed by atoms with van der Waals surface area (Å²) in [6, 6.07) is 3.67. The van der Waals surface area contributed by atoms with E-state index in [-0.39, 0.29) is 5.75 Å². The van der Waals surface area contributed by atoms with Crippen molar-refractivity contribution in [3.05, 3.63) is 24.0 Å². The number of phenols is 1. The first-order valence-corrected chi connectivity index (χ1v) is 3.84. The van der Waals surface area contributed by atoms with Crippen molar-refractivity contribution < 1.29 is 14.2 Å². The van der Waals surface area contributed by atoms with Gasteiger partial charge < -0.3 is 9.84 Å². The molecular formula is C9H11FO2. The lowest BCUT2D eigenvalue weighted by Gasteiger charge is -2.04. The van der Waals surface area contributed by atoms with Crippen LogP contribution in [0.4, 0.5) is 4.39 Å². The van der Waals surface area contributed by atoms with E-state index < -0.39 is 5.82 Å². The molecule has 1 rings (SSSR count). The van der Waals surface area contributed by atoms with Crippen LogP contribution in [0.3, 0.4) is 0 Å². The molecule has 0 bridgehead atoms. The first-order valence-electron chi connectivity index (χ1n) is 3.84. The molecule has 3 heteroatoms. The Kier molecular flexibility index (Phi) is 2.91. The van der Waals surface area contributed by atoms with Crippen molar-refractivity contribution in [2.45, 2.75) is 13.3 Å². The van der Waals surface area contributed by atoms with E-state index in [2.05, 4.69) is 0 Å². The molecular weight excluding hydrogens is 159 g/mol. The van der Waals surface area contributed by atoms with Crippen molar-refractivity contribution >= 4 is 0 Å². The number of ether oxygens (including phenoxy) is 1. The van der Waals surface area contributed by atoms with E-state index in [4.69, 9.17) is 9.84 Å². The third-order valence-corrected chi connectivity index (χ3v) is 1.33. The van der Waals surface area contributed by atoms with E-state index in [0.29, 0.717) is 12.4 Å². The summed E-state index contributed by atoms with van der Waals surface area (Å²) in [5, 5.41) is 8.97. The monoisotopic (exact) mass is 170 g/mol. The third kappa shape index (κ3) is 2.42. The Morgan fingerprint density at radius 1 is 1.42 bits per heavy atom. The van der Waals surface area contributed by atoms with Crippen molar-refractivity contribution in [3.63, 3.8) is 0 Å². The van der Waals surface area contributed by atoms with Crippen LogP contribution in [0.15, 0.2) is 18.2 Å². The maximum absolute atomic E-state index is 12.6. The van der Waals surface area contributed by atoms with Gasteiger partial charge in [-0.05, 0) is 6.42 Å². The number of benzene rings is 1. The van der Waals surface area contributed by atoms with Gasteiger partial charge in [0.05, 0.1) is 6.61 Å². The van der Waals surface area contributed by atoms with Crippen molar-refractivity contribution in [1.82, 2.24) is 0 Å². The van der Waals surface area contributed by atoms with Crippen molar-refractivity contribution in [1.29, 1.82) is 0 Å². The number of aromatic hydroxyl groups is 1. The van der Waals surface area contributed by atoms with Gasteiger partial charge in [-0.1, -0.05) is 6.92 Å². The summed E-state index contributed by atoms with van der Waals surface area (Å²) in [7, 11) is 0. The molecule has 1 aromatic carbocycles. The Labute approximate surface area is 70.6 Å². The molecule has 66 valence electrons. The van der Waals surface area contributed by atoms with Gasteiger partial charge in [-0.15, -0.1) is 0 Å². The molecule has 0 amide bonds. The van der Waals surface area contributed by atoms with Gasteiger partial charge in [0.1, 0.15) is 17.3 Å². The van der Waals surface area contributed by atoms with E-state index >= 15 is 0 Å². The zero-order valence-electron chi connectivity index (χ0n) is 6.88. The molecule has 0 aliphatic heterocycles. The average Bonchev–Trinajstić information content (AvgIpc) is 1.99. The number of hydrogen-bond donors (Lipinski definition) is 1. The minimum absolute atomic E-state index is 0.110. The molecule has 0 aliphatic rings. The summed E-state index contributed by atoms with van der Waals surface area (Å²) in [5.74, 6) is -0.225. The zero-order chi connectivity index (χ0) is 8.97. The topological polar surface area (TPSA) is 29.5 Å². The van der Waals surface area contributed by atoms with Crippen LogP contribution in [0, 0.1) is 5.82 Å². The SMILES string of the molecule is CCCOc1cc(O)cc(F)c1. The van der Waals surface area contributed by atoms with E-state index in [9.17, 15) is 4.39 Å². The molecule has 2 nitrogen and oxygen atoms in total. The molecule has 0 saturated carbocycles. The van der Waals surface area contributed by atoms with Gasteiger partial charge >= 0.3 is 0 Å². The predicted octanol–water partition coefficient (Wildman–Crippen LogP) is 2.32. The fraction of sp³-hybridized carbons (Fsp3) is 0.333. The predicted molar refractivity (Wildman–Crippen MR) is 43.9 cm³/mol. The second kappa shape index (κ2) is 3.95. The maximum Gasteiger partial charge on any atom is 0.130 e. The van der Waals surface area contributed by atoms with Gasteiger partial charge in [0.2, 0.25) is 0 Å². The normalized spacial score (nSPS) is 9.83. The number of rotatable bonds is 3. The minimum atomic E-state index is -0.485. The smallest absolute Gasteiger partial charge is 0.130 e. The van der Waals surface area contributed by atoms with Gasteiger partial charge in [-0.3, -0.25) is 0 Å². The number of hydrogen-bond acceptors (Lipinski definition) is 2. The lowest BCUT2D eigenvalue weighted by molar-refractivity contribution is 0.313. The number of phenolic OH excluding ortho intramolecular Hbond substituents is 1. The van der Waals surface area contributed by atoms with Crippen LogP contribution in [0.25, 0.3) is 0 Å². The summed E-state index contributed by atoms with van der Waals surface area (Å²) in [6.45, 7) is 2.49. The van der Waals surface area contributed by atoms with Gasteiger partial charge in [-0.25, -0.2) is 4.39 Å². The molecule has 0 aliphatic carbocycles. The molecule has 0 saturated heterocycles. The molecule has 0 spiro atoms. The maximum atomic E-state index is 12.6. The highest BCUT2D eigenvalue weighted by atomic mass is 19.1. The van der Waals surface area contributed by atoms with Crippen LogP contribution in [-0.2, 0) is 0 Å². The van der Waals surface area contributed by atoms with E-state index in [0.717, 1.165) is 12.5 Å². The summed E-state index contributed by atoms with van der Waals surface area (Å²) in [6.07, 6.45) is 0.858. The second-order valence-corrected chi connectivity index (χ2v) is 2.49. The largest absolute Gasteiger partial charge is 0.508 e. The standard InChI is InChI=1S/C9H11FO2/c1-2-3-12-9-5-7(10)4-8(11)6-9/h4-6,11H,2-3H2,1H3. The molecule has 0 aromatic heterocycles. The highest BCUT2D eigenvalue weighted by Gasteiger charge is 1.99. The van der Waals surface area contributed by atoms with Gasteiger partial charge in [0.25, 0.3) is 0 Å². The van der Waals surface area contributed by atoms with Crippen molar-refractivity contribution in [2.75, 3.05) is 6.61 Å². The average molecular weight is 170 g/mol. The number of halogens is 1. The van der Waals surface area contributed by atoms with Crippen LogP contribution in [0.1, 0.15) is 13.3 Å². The van der Waals surface area contributed by atoms with Gasteiger partial charge in [0, 0.05) is 18.2 Å². The Bertz CT molecular complexity index is 240. The first kappa shape index (κ1) is 8.84. The van der Waals surface area contributed by atoms with Crippen LogP contribution in [0.2, 0.25) is 0 Å². The zero-order valence-corrected chi connectivity index (χ0v) is 6.88. The summed E-state index contributed by atoms with van der Waals surface area (Å²) >= 11 is 0. The molecule has 0 radical (unpaired) electrons. The molecule has 0 fully saturated rings. The molecule has 0 unspecified atom stereocenters. The second-order valence-electron chi connectivity index (χ2n) is 2.49. The molecule has 1 aromatic rings. The molecule has 0 heterocycles. The van der Waals surface area contributed by atoms with Crippen LogP contribution in [-0.4, -0.2) is 11.7 Å². The Balaban J connectivity index is 2.72. The quantitative estimate of drug-likeness (QED) is 0.754. The van der Waals surface area contributed by atoms with Crippen molar-refractivity contribution in [2.24, 2.45) is 0 Å². The fourth-order valence-corrected chi connectivity index (χ4v) is 0.851. The Morgan fingerprint density at radius 2 is 2.17 bits per heavy atom. The lowest BCUT2D eigenvalue weighted by atomic mass is 10.3. The van der Waals surface area contributed by atoms with Gasteiger partial charge in [-0.2, -0.15) is 0 Å². The van der Waals surface area contributed by atoms with Crippen molar-refractivity contribution in [3.8, 4) is 11.5 Å².